The first kappa shape index (κ1) is 12.7. The standard InChI is InChI=1S/C20H16N2/c21-19-15-7-3-1-5-13(15)9-11-17(19)18-12-10-14-6-2-4-8-16(14)20(18)22/h1-12H,21-22H2. The van der Waals surface area contributed by atoms with Gasteiger partial charge in [-0.2, -0.15) is 0 Å². The molecule has 22 heavy (non-hydrogen) atoms. The van der Waals surface area contributed by atoms with Gasteiger partial charge in [-0.1, -0.05) is 72.8 Å². The molecule has 0 aliphatic carbocycles. The minimum Gasteiger partial charge on any atom is -0.398 e. The summed E-state index contributed by atoms with van der Waals surface area (Å²) in [5.41, 5.74) is 16.3. The van der Waals surface area contributed by atoms with E-state index in [0.29, 0.717) is 0 Å². The number of anilines is 2. The van der Waals surface area contributed by atoms with Crippen molar-refractivity contribution in [3.63, 3.8) is 0 Å². The predicted molar refractivity (Wildman–Crippen MR) is 95.7 cm³/mol. The first-order valence-electron chi connectivity index (χ1n) is 7.30. The SMILES string of the molecule is Nc1c(-c2ccc3ccccc3c2N)ccc2ccccc12. The van der Waals surface area contributed by atoms with Gasteiger partial charge in [-0.15, -0.1) is 0 Å². The molecule has 0 amide bonds. The van der Waals surface area contributed by atoms with Gasteiger partial charge in [-0.25, -0.2) is 0 Å². The number of nitrogens with two attached hydrogens (primary N) is 2. The molecular formula is C20H16N2. The van der Waals surface area contributed by atoms with Crippen LogP contribution >= 0.6 is 0 Å². The molecule has 0 saturated heterocycles. The predicted octanol–water partition coefficient (Wildman–Crippen LogP) is 4.82. The Kier molecular flexibility index (Phi) is 2.76. The topological polar surface area (TPSA) is 52.0 Å². The molecule has 0 aromatic heterocycles. The third-order valence-corrected chi connectivity index (χ3v) is 4.23. The minimum atomic E-state index is 0.778. The zero-order chi connectivity index (χ0) is 15.1. The summed E-state index contributed by atoms with van der Waals surface area (Å²) in [5, 5.41) is 4.41. The molecule has 106 valence electrons. The summed E-state index contributed by atoms with van der Waals surface area (Å²) in [5.74, 6) is 0. The van der Waals surface area contributed by atoms with E-state index in [0.717, 1.165) is 44.0 Å². The van der Waals surface area contributed by atoms with Crippen LogP contribution in [-0.4, -0.2) is 0 Å². The van der Waals surface area contributed by atoms with E-state index in [4.69, 9.17) is 11.5 Å². The number of fused-ring (bicyclic) bond motifs is 2. The van der Waals surface area contributed by atoms with E-state index in [1.807, 2.05) is 36.4 Å². The summed E-state index contributed by atoms with van der Waals surface area (Å²) in [6.07, 6.45) is 0. The number of hydrogen-bond acceptors (Lipinski definition) is 2. The molecule has 0 atom stereocenters. The highest BCUT2D eigenvalue weighted by Gasteiger charge is 2.11. The van der Waals surface area contributed by atoms with Gasteiger partial charge in [0.15, 0.2) is 0 Å². The van der Waals surface area contributed by atoms with E-state index < -0.39 is 0 Å². The molecule has 2 heteroatoms. The van der Waals surface area contributed by atoms with E-state index in [2.05, 4.69) is 36.4 Å². The summed E-state index contributed by atoms with van der Waals surface area (Å²) in [6.45, 7) is 0. The van der Waals surface area contributed by atoms with Gasteiger partial charge >= 0.3 is 0 Å². The molecule has 0 heterocycles. The number of hydrogen-bond donors (Lipinski definition) is 2. The fourth-order valence-electron chi connectivity index (χ4n) is 3.06. The first-order chi connectivity index (χ1) is 10.8. The van der Waals surface area contributed by atoms with Crippen LogP contribution in [0.5, 0.6) is 0 Å². The van der Waals surface area contributed by atoms with Crippen molar-refractivity contribution in [3.05, 3.63) is 72.8 Å². The van der Waals surface area contributed by atoms with Crippen molar-refractivity contribution < 1.29 is 0 Å². The monoisotopic (exact) mass is 284 g/mol. The van der Waals surface area contributed by atoms with Gasteiger partial charge in [0, 0.05) is 33.3 Å². The van der Waals surface area contributed by atoms with Crippen LogP contribution in [0.4, 0.5) is 11.4 Å². The molecule has 2 nitrogen and oxygen atoms in total. The average Bonchev–Trinajstić information content (AvgIpc) is 2.57. The molecule has 0 spiro atoms. The van der Waals surface area contributed by atoms with Crippen LogP contribution in [0.3, 0.4) is 0 Å². The van der Waals surface area contributed by atoms with Crippen LogP contribution in [0.1, 0.15) is 0 Å². The summed E-state index contributed by atoms with van der Waals surface area (Å²) in [6, 6.07) is 24.6. The van der Waals surface area contributed by atoms with Crippen molar-refractivity contribution in [3.8, 4) is 11.1 Å². The van der Waals surface area contributed by atoms with Crippen LogP contribution < -0.4 is 11.5 Å². The lowest BCUT2D eigenvalue weighted by atomic mass is 9.95. The zero-order valence-electron chi connectivity index (χ0n) is 12.1. The van der Waals surface area contributed by atoms with Gasteiger partial charge in [0.2, 0.25) is 0 Å². The summed E-state index contributed by atoms with van der Waals surface area (Å²) in [4.78, 5) is 0. The highest BCUT2D eigenvalue weighted by molar-refractivity contribution is 6.06. The molecule has 0 unspecified atom stereocenters. The number of benzene rings is 4. The smallest absolute Gasteiger partial charge is 0.0474 e. The molecule has 4 aromatic carbocycles. The maximum Gasteiger partial charge on any atom is 0.0474 e. The maximum absolute atomic E-state index is 6.41. The summed E-state index contributed by atoms with van der Waals surface area (Å²) in [7, 11) is 0. The highest BCUT2D eigenvalue weighted by atomic mass is 14.6. The van der Waals surface area contributed by atoms with Gasteiger partial charge in [-0.05, 0) is 10.8 Å². The number of nitrogen functional groups attached to an aromatic ring is 2. The van der Waals surface area contributed by atoms with Crippen LogP contribution in [-0.2, 0) is 0 Å². The van der Waals surface area contributed by atoms with Crippen molar-refractivity contribution in [1.82, 2.24) is 0 Å². The Morgan fingerprint density at radius 1 is 0.455 bits per heavy atom. The lowest BCUT2D eigenvalue weighted by molar-refractivity contribution is 1.65. The van der Waals surface area contributed by atoms with Crippen molar-refractivity contribution >= 4 is 32.9 Å². The van der Waals surface area contributed by atoms with Crippen molar-refractivity contribution in [2.24, 2.45) is 0 Å². The van der Waals surface area contributed by atoms with E-state index in [1.165, 1.54) is 0 Å². The van der Waals surface area contributed by atoms with Crippen molar-refractivity contribution in [2.45, 2.75) is 0 Å². The molecule has 0 saturated carbocycles. The molecule has 0 bridgehead atoms. The van der Waals surface area contributed by atoms with Crippen molar-refractivity contribution in [2.75, 3.05) is 11.5 Å². The van der Waals surface area contributed by atoms with Crippen LogP contribution in [0.2, 0.25) is 0 Å². The molecule has 0 fully saturated rings. The molecular weight excluding hydrogens is 268 g/mol. The van der Waals surface area contributed by atoms with Crippen LogP contribution in [0.25, 0.3) is 32.7 Å². The zero-order valence-corrected chi connectivity index (χ0v) is 12.1. The van der Waals surface area contributed by atoms with Gasteiger partial charge in [0.05, 0.1) is 0 Å². The van der Waals surface area contributed by atoms with Gasteiger partial charge in [0.1, 0.15) is 0 Å². The van der Waals surface area contributed by atoms with E-state index in [1.54, 1.807) is 0 Å². The Morgan fingerprint density at radius 2 is 0.864 bits per heavy atom. The number of rotatable bonds is 1. The molecule has 4 rings (SSSR count). The molecule has 4 N–H and O–H groups in total. The lowest BCUT2D eigenvalue weighted by Gasteiger charge is -2.13. The lowest BCUT2D eigenvalue weighted by Crippen LogP contribution is -1.96. The third-order valence-electron chi connectivity index (χ3n) is 4.23. The second-order valence-corrected chi connectivity index (χ2v) is 5.50. The molecule has 0 aliphatic rings. The second kappa shape index (κ2) is 4.78. The van der Waals surface area contributed by atoms with Gasteiger partial charge in [-0.3, -0.25) is 0 Å². The summed E-state index contributed by atoms with van der Waals surface area (Å²) >= 11 is 0. The second-order valence-electron chi connectivity index (χ2n) is 5.50. The van der Waals surface area contributed by atoms with Crippen LogP contribution in [0, 0.1) is 0 Å². The van der Waals surface area contributed by atoms with Crippen LogP contribution in [0.15, 0.2) is 72.8 Å². The van der Waals surface area contributed by atoms with E-state index >= 15 is 0 Å². The quantitative estimate of drug-likeness (QED) is 0.492. The Morgan fingerprint density at radius 3 is 1.32 bits per heavy atom. The Hall–Kier alpha value is -3.00. The Bertz CT molecular complexity index is 920. The van der Waals surface area contributed by atoms with Gasteiger partial charge in [0.25, 0.3) is 0 Å². The molecule has 0 radical (unpaired) electrons. The summed E-state index contributed by atoms with van der Waals surface area (Å²) < 4.78 is 0. The van der Waals surface area contributed by atoms with E-state index in [-0.39, 0.29) is 0 Å². The fourth-order valence-corrected chi connectivity index (χ4v) is 3.06. The maximum atomic E-state index is 6.41. The van der Waals surface area contributed by atoms with Crippen molar-refractivity contribution in [1.29, 1.82) is 0 Å². The molecule has 0 aliphatic heterocycles. The fraction of sp³-hybridized carbons (Fsp3) is 0. The third kappa shape index (κ3) is 1.81. The average molecular weight is 284 g/mol. The van der Waals surface area contributed by atoms with Gasteiger partial charge < -0.3 is 11.5 Å². The molecule has 4 aromatic rings. The highest BCUT2D eigenvalue weighted by Crippen LogP contribution is 2.38. The Labute approximate surface area is 129 Å². The normalized spacial score (nSPS) is 11.1. The Balaban J connectivity index is 2.03. The largest absolute Gasteiger partial charge is 0.398 e. The first-order valence-corrected chi connectivity index (χ1v) is 7.30. The minimum absolute atomic E-state index is 0.778. The van der Waals surface area contributed by atoms with E-state index in [9.17, 15) is 0 Å².